The molecule has 31 heavy (non-hydrogen) atoms. The van der Waals surface area contributed by atoms with Crippen LogP contribution in [0.1, 0.15) is 95.6 Å². The number of phenols is 1. The van der Waals surface area contributed by atoms with E-state index in [1.165, 1.54) is 32.1 Å². The highest BCUT2D eigenvalue weighted by Gasteiger charge is 2.43. The second-order valence-corrected chi connectivity index (χ2v) is 8.43. The molecule has 1 atom stereocenters. The van der Waals surface area contributed by atoms with Crippen LogP contribution < -0.4 is 0 Å². The predicted molar refractivity (Wildman–Crippen MR) is 129 cm³/mol. The number of phenolic OH excluding ortho intramolecular Hbond substituents is 1. The molecule has 0 radical (unpaired) electrons. The Bertz CT molecular complexity index is 688. The SMILES string of the molecule is CCCCCCCCC(c1ccc(O)cc1)C(OCCC)(OCCC)c1ccccc1. The molecule has 0 aromatic heterocycles. The van der Waals surface area contributed by atoms with Gasteiger partial charge in [0.25, 0.3) is 0 Å². The second kappa shape index (κ2) is 14.3. The largest absolute Gasteiger partial charge is 0.508 e. The van der Waals surface area contributed by atoms with E-state index in [1.807, 2.05) is 18.2 Å². The van der Waals surface area contributed by atoms with E-state index >= 15 is 0 Å². The van der Waals surface area contributed by atoms with Gasteiger partial charge < -0.3 is 14.6 Å². The molecule has 0 fully saturated rings. The average molecular weight is 427 g/mol. The van der Waals surface area contributed by atoms with Gasteiger partial charge in [0.2, 0.25) is 5.79 Å². The summed E-state index contributed by atoms with van der Waals surface area (Å²) in [4.78, 5) is 0. The van der Waals surface area contributed by atoms with Gasteiger partial charge in [-0.05, 0) is 37.0 Å². The Kier molecular flexibility index (Phi) is 11.7. The van der Waals surface area contributed by atoms with E-state index in [1.54, 1.807) is 12.1 Å². The van der Waals surface area contributed by atoms with Crippen molar-refractivity contribution in [2.45, 2.75) is 90.3 Å². The van der Waals surface area contributed by atoms with Crippen molar-refractivity contribution >= 4 is 0 Å². The molecule has 0 amide bonds. The summed E-state index contributed by atoms with van der Waals surface area (Å²) >= 11 is 0. The zero-order valence-electron chi connectivity index (χ0n) is 19.8. The Hall–Kier alpha value is -1.84. The van der Waals surface area contributed by atoms with E-state index in [2.05, 4.69) is 45.0 Å². The maximum atomic E-state index is 9.88. The van der Waals surface area contributed by atoms with Crippen LogP contribution in [-0.4, -0.2) is 18.3 Å². The molecule has 3 nitrogen and oxygen atoms in total. The van der Waals surface area contributed by atoms with Crippen molar-refractivity contribution in [1.82, 2.24) is 0 Å². The van der Waals surface area contributed by atoms with Crippen molar-refractivity contribution in [3.05, 3.63) is 65.7 Å². The first-order valence-electron chi connectivity index (χ1n) is 12.3. The lowest BCUT2D eigenvalue weighted by atomic mass is 9.81. The number of hydrogen-bond acceptors (Lipinski definition) is 3. The highest BCUT2D eigenvalue weighted by Crippen LogP contribution is 2.45. The van der Waals surface area contributed by atoms with Gasteiger partial charge in [-0.25, -0.2) is 0 Å². The molecule has 0 saturated carbocycles. The Morgan fingerprint density at radius 1 is 0.710 bits per heavy atom. The van der Waals surface area contributed by atoms with Gasteiger partial charge in [0, 0.05) is 11.5 Å². The van der Waals surface area contributed by atoms with Gasteiger partial charge >= 0.3 is 0 Å². The zero-order valence-corrected chi connectivity index (χ0v) is 19.8. The number of aromatic hydroxyl groups is 1. The fourth-order valence-electron chi connectivity index (χ4n) is 4.20. The van der Waals surface area contributed by atoms with Crippen molar-refractivity contribution in [1.29, 1.82) is 0 Å². The third-order valence-electron chi connectivity index (χ3n) is 5.82. The molecule has 2 aromatic rings. The quantitative estimate of drug-likeness (QED) is 0.219. The van der Waals surface area contributed by atoms with Crippen LogP contribution in [0.5, 0.6) is 5.75 Å². The van der Waals surface area contributed by atoms with Crippen LogP contribution in [0.25, 0.3) is 0 Å². The fourth-order valence-corrected chi connectivity index (χ4v) is 4.20. The Morgan fingerprint density at radius 2 is 1.29 bits per heavy atom. The number of benzene rings is 2. The second-order valence-electron chi connectivity index (χ2n) is 8.43. The monoisotopic (exact) mass is 426 g/mol. The maximum absolute atomic E-state index is 9.88. The Morgan fingerprint density at radius 3 is 1.87 bits per heavy atom. The van der Waals surface area contributed by atoms with Crippen molar-refractivity contribution in [2.75, 3.05) is 13.2 Å². The number of ether oxygens (including phenoxy) is 2. The molecule has 0 aliphatic rings. The van der Waals surface area contributed by atoms with E-state index < -0.39 is 5.79 Å². The van der Waals surface area contributed by atoms with Gasteiger partial charge in [-0.3, -0.25) is 0 Å². The van der Waals surface area contributed by atoms with Gasteiger partial charge in [-0.1, -0.05) is 102 Å². The lowest BCUT2D eigenvalue weighted by Gasteiger charge is -2.41. The standard InChI is InChI=1S/C28H42O3/c1-4-7-8-9-10-14-17-27(24-18-20-26(29)21-19-24)28(30-22-5-2,31-23-6-3)25-15-12-11-13-16-25/h11-13,15-16,18-21,27,29H,4-10,14,17,22-23H2,1-3H3. The molecule has 0 bridgehead atoms. The fraction of sp³-hybridized carbons (Fsp3) is 0.571. The van der Waals surface area contributed by atoms with Crippen molar-refractivity contribution < 1.29 is 14.6 Å². The Balaban J connectivity index is 2.40. The van der Waals surface area contributed by atoms with Gasteiger partial charge in [0.1, 0.15) is 5.75 Å². The van der Waals surface area contributed by atoms with Gasteiger partial charge in [0.15, 0.2) is 0 Å². The maximum Gasteiger partial charge on any atom is 0.201 e. The summed E-state index contributed by atoms with van der Waals surface area (Å²) in [6.07, 6.45) is 10.4. The average Bonchev–Trinajstić information content (AvgIpc) is 2.81. The summed E-state index contributed by atoms with van der Waals surface area (Å²) in [7, 11) is 0. The summed E-state index contributed by atoms with van der Waals surface area (Å²) in [5, 5.41) is 9.88. The normalized spacial score (nSPS) is 12.7. The molecule has 2 aromatic carbocycles. The van der Waals surface area contributed by atoms with E-state index in [-0.39, 0.29) is 11.7 Å². The van der Waals surface area contributed by atoms with Crippen LogP contribution in [0.4, 0.5) is 0 Å². The molecule has 1 unspecified atom stereocenters. The van der Waals surface area contributed by atoms with Gasteiger partial charge in [-0.2, -0.15) is 0 Å². The molecule has 172 valence electrons. The Labute approximate surface area is 189 Å². The summed E-state index contributed by atoms with van der Waals surface area (Å²) in [6.45, 7) is 7.82. The molecule has 3 heteroatoms. The highest BCUT2D eigenvalue weighted by atomic mass is 16.7. The smallest absolute Gasteiger partial charge is 0.201 e. The van der Waals surface area contributed by atoms with Crippen LogP contribution in [0.15, 0.2) is 54.6 Å². The van der Waals surface area contributed by atoms with Crippen molar-refractivity contribution in [2.24, 2.45) is 0 Å². The van der Waals surface area contributed by atoms with E-state index in [4.69, 9.17) is 9.47 Å². The van der Waals surface area contributed by atoms with E-state index in [0.717, 1.165) is 36.8 Å². The first-order chi connectivity index (χ1) is 15.2. The number of unbranched alkanes of at least 4 members (excludes halogenated alkanes) is 5. The molecular formula is C28H42O3. The summed E-state index contributed by atoms with van der Waals surface area (Å²) in [5.74, 6) is -0.482. The molecule has 0 aliphatic heterocycles. The minimum atomic E-state index is -0.826. The van der Waals surface area contributed by atoms with Crippen LogP contribution in [0.3, 0.4) is 0 Å². The van der Waals surface area contributed by atoms with Gasteiger partial charge in [-0.15, -0.1) is 0 Å². The molecule has 0 aliphatic carbocycles. The minimum absolute atomic E-state index is 0.0553. The van der Waals surface area contributed by atoms with E-state index in [9.17, 15) is 5.11 Å². The topological polar surface area (TPSA) is 38.7 Å². The lowest BCUT2D eigenvalue weighted by Crippen LogP contribution is -2.40. The van der Waals surface area contributed by atoms with Crippen LogP contribution in [0, 0.1) is 0 Å². The third kappa shape index (κ3) is 7.66. The third-order valence-corrected chi connectivity index (χ3v) is 5.82. The first-order valence-corrected chi connectivity index (χ1v) is 12.3. The van der Waals surface area contributed by atoms with Gasteiger partial charge in [0.05, 0.1) is 13.2 Å². The van der Waals surface area contributed by atoms with Crippen LogP contribution in [0.2, 0.25) is 0 Å². The summed E-state index contributed by atoms with van der Waals surface area (Å²) < 4.78 is 13.2. The molecule has 0 saturated heterocycles. The molecule has 2 rings (SSSR count). The van der Waals surface area contributed by atoms with Crippen molar-refractivity contribution in [3.63, 3.8) is 0 Å². The van der Waals surface area contributed by atoms with E-state index in [0.29, 0.717) is 13.2 Å². The molecule has 0 spiro atoms. The summed E-state index contributed by atoms with van der Waals surface area (Å²) in [6, 6.07) is 18.0. The summed E-state index contributed by atoms with van der Waals surface area (Å²) in [5.41, 5.74) is 2.23. The van der Waals surface area contributed by atoms with Crippen molar-refractivity contribution in [3.8, 4) is 5.75 Å². The molecule has 0 heterocycles. The molecular weight excluding hydrogens is 384 g/mol. The van der Waals surface area contributed by atoms with Crippen LogP contribution in [-0.2, 0) is 15.3 Å². The number of rotatable bonds is 16. The zero-order chi connectivity index (χ0) is 22.4. The number of hydrogen-bond donors (Lipinski definition) is 1. The molecule has 1 N–H and O–H groups in total. The highest BCUT2D eigenvalue weighted by molar-refractivity contribution is 5.33. The van der Waals surface area contributed by atoms with Crippen LogP contribution >= 0.6 is 0 Å². The lowest BCUT2D eigenvalue weighted by molar-refractivity contribution is -0.263. The first kappa shape index (κ1) is 25.4. The predicted octanol–water partition coefficient (Wildman–Crippen LogP) is 7.93. The minimum Gasteiger partial charge on any atom is -0.508 e.